The lowest BCUT2D eigenvalue weighted by Gasteiger charge is -2.28. The van der Waals surface area contributed by atoms with Gasteiger partial charge in [0.1, 0.15) is 5.78 Å². The third-order valence-corrected chi connectivity index (χ3v) is 2.45. The molecule has 1 rings (SSSR count). The van der Waals surface area contributed by atoms with Gasteiger partial charge in [0, 0.05) is 12.3 Å². The normalized spacial score (nSPS) is 29.6. The number of hydrogen-bond donors (Lipinski definition) is 0. The molecule has 0 saturated heterocycles. The minimum absolute atomic E-state index is 0.426. The van der Waals surface area contributed by atoms with Crippen molar-refractivity contribution in [2.75, 3.05) is 0 Å². The van der Waals surface area contributed by atoms with E-state index < -0.39 is 0 Å². The molecule has 0 heterocycles. The van der Waals surface area contributed by atoms with E-state index in [4.69, 9.17) is 0 Å². The van der Waals surface area contributed by atoms with Crippen molar-refractivity contribution < 1.29 is 4.79 Å². The summed E-state index contributed by atoms with van der Waals surface area (Å²) in [5.41, 5.74) is 0. The van der Waals surface area contributed by atoms with Gasteiger partial charge in [-0.1, -0.05) is 20.3 Å². The summed E-state index contributed by atoms with van der Waals surface area (Å²) in [6.07, 6.45) is 3.14. The Bertz CT molecular complexity index is 118. The van der Waals surface area contributed by atoms with Gasteiger partial charge < -0.3 is 0 Å². The van der Waals surface area contributed by atoms with E-state index in [1.165, 1.54) is 0 Å². The quantitative estimate of drug-likeness (QED) is 0.553. The molecule has 0 amide bonds. The molecule has 1 heteroatoms. The first-order valence-electron chi connectivity index (χ1n) is 3.78. The Kier molecular flexibility index (Phi) is 1.89. The van der Waals surface area contributed by atoms with Crippen molar-refractivity contribution in [2.45, 2.75) is 33.1 Å². The summed E-state index contributed by atoms with van der Waals surface area (Å²) >= 11 is 0. The molecular weight excluding hydrogens is 112 g/mol. The molecular formula is C8H14O. The van der Waals surface area contributed by atoms with E-state index in [0.29, 0.717) is 17.6 Å². The van der Waals surface area contributed by atoms with Gasteiger partial charge in [0.05, 0.1) is 0 Å². The van der Waals surface area contributed by atoms with Crippen molar-refractivity contribution in [1.82, 2.24) is 0 Å². The van der Waals surface area contributed by atoms with Crippen LogP contribution in [-0.4, -0.2) is 5.78 Å². The van der Waals surface area contributed by atoms with Crippen LogP contribution in [0.1, 0.15) is 33.1 Å². The summed E-state index contributed by atoms with van der Waals surface area (Å²) in [5.74, 6) is 1.55. The SMILES string of the molecule is CCC(C)C1CCC1=O. The van der Waals surface area contributed by atoms with Crippen LogP contribution >= 0.6 is 0 Å². The van der Waals surface area contributed by atoms with Crippen LogP contribution in [0.4, 0.5) is 0 Å². The summed E-state index contributed by atoms with van der Waals surface area (Å²) in [4.78, 5) is 10.8. The van der Waals surface area contributed by atoms with Crippen LogP contribution in [0.25, 0.3) is 0 Å². The maximum absolute atomic E-state index is 10.8. The molecule has 0 N–H and O–H groups in total. The van der Waals surface area contributed by atoms with Crippen molar-refractivity contribution in [2.24, 2.45) is 11.8 Å². The zero-order valence-corrected chi connectivity index (χ0v) is 6.18. The number of carbonyl (C=O) groups excluding carboxylic acids is 1. The minimum atomic E-state index is 0.426. The lowest BCUT2D eigenvalue weighted by atomic mass is 9.74. The molecule has 0 aromatic carbocycles. The van der Waals surface area contributed by atoms with Gasteiger partial charge >= 0.3 is 0 Å². The van der Waals surface area contributed by atoms with Crippen LogP contribution in [0.15, 0.2) is 0 Å². The van der Waals surface area contributed by atoms with E-state index >= 15 is 0 Å². The molecule has 1 nitrogen and oxygen atoms in total. The molecule has 2 atom stereocenters. The van der Waals surface area contributed by atoms with Crippen molar-refractivity contribution in [3.05, 3.63) is 0 Å². The first-order valence-corrected chi connectivity index (χ1v) is 3.78. The van der Waals surface area contributed by atoms with E-state index in [1.807, 2.05) is 0 Å². The summed E-state index contributed by atoms with van der Waals surface area (Å²) in [5, 5.41) is 0. The van der Waals surface area contributed by atoms with Crippen LogP contribution < -0.4 is 0 Å². The van der Waals surface area contributed by atoms with Crippen LogP contribution in [0.3, 0.4) is 0 Å². The van der Waals surface area contributed by atoms with Gasteiger partial charge in [-0.05, 0) is 12.3 Å². The van der Waals surface area contributed by atoms with Gasteiger partial charge in [0.2, 0.25) is 0 Å². The average molecular weight is 126 g/mol. The van der Waals surface area contributed by atoms with Crippen LogP contribution in [0.5, 0.6) is 0 Å². The van der Waals surface area contributed by atoms with Crippen molar-refractivity contribution >= 4 is 5.78 Å². The Morgan fingerprint density at radius 3 is 2.56 bits per heavy atom. The van der Waals surface area contributed by atoms with Crippen LogP contribution in [0.2, 0.25) is 0 Å². The Labute approximate surface area is 56.4 Å². The zero-order valence-electron chi connectivity index (χ0n) is 6.18. The van der Waals surface area contributed by atoms with E-state index in [-0.39, 0.29) is 0 Å². The third-order valence-electron chi connectivity index (χ3n) is 2.45. The molecule has 52 valence electrons. The van der Waals surface area contributed by atoms with Crippen molar-refractivity contribution in [1.29, 1.82) is 0 Å². The van der Waals surface area contributed by atoms with E-state index in [2.05, 4.69) is 13.8 Å². The summed E-state index contributed by atoms with van der Waals surface area (Å²) in [6.45, 7) is 4.32. The highest BCUT2D eigenvalue weighted by molar-refractivity contribution is 5.86. The fraction of sp³-hybridized carbons (Fsp3) is 0.875. The Morgan fingerprint density at radius 1 is 1.78 bits per heavy atom. The topological polar surface area (TPSA) is 17.1 Å². The molecule has 0 bridgehead atoms. The second kappa shape index (κ2) is 2.51. The maximum Gasteiger partial charge on any atom is 0.136 e. The highest BCUT2D eigenvalue weighted by Crippen LogP contribution is 2.31. The number of rotatable bonds is 2. The Morgan fingerprint density at radius 2 is 2.44 bits per heavy atom. The lowest BCUT2D eigenvalue weighted by molar-refractivity contribution is -0.131. The maximum atomic E-state index is 10.8. The van der Waals surface area contributed by atoms with Crippen LogP contribution in [0, 0.1) is 11.8 Å². The molecule has 9 heavy (non-hydrogen) atoms. The van der Waals surface area contributed by atoms with Gasteiger partial charge in [-0.2, -0.15) is 0 Å². The van der Waals surface area contributed by atoms with Crippen molar-refractivity contribution in [3.63, 3.8) is 0 Å². The molecule has 0 aliphatic heterocycles. The standard InChI is InChI=1S/C8H14O/c1-3-6(2)7-4-5-8(7)9/h6-7H,3-5H2,1-2H3. The molecule has 0 aromatic rings. The monoisotopic (exact) mass is 126 g/mol. The molecule has 2 unspecified atom stereocenters. The largest absolute Gasteiger partial charge is 0.299 e. The van der Waals surface area contributed by atoms with E-state index in [0.717, 1.165) is 19.3 Å². The minimum Gasteiger partial charge on any atom is -0.299 e. The summed E-state index contributed by atoms with van der Waals surface area (Å²) in [6, 6.07) is 0. The Balaban J connectivity index is 2.34. The molecule has 1 saturated carbocycles. The van der Waals surface area contributed by atoms with Crippen LogP contribution in [-0.2, 0) is 4.79 Å². The molecule has 0 aromatic heterocycles. The highest BCUT2D eigenvalue weighted by Gasteiger charge is 2.31. The number of Topliss-reactive ketones (excluding diaryl/α,β-unsaturated/α-hetero) is 1. The second-order valence-electron chi connectivity index (χ2n) is 3.00. The Hall–Kier alpha value is -0.330. The number of hydrogen-bond acceptors (Lipinski definition) is 1. The van der Waals surface area contributed by atoms with Gasteiger partial charge in [-0.3, -0.25) is 4.79 Å². The lowest BCUT2D eigenvalue weighted by Crippen LogP contribution is -2.30. The van der Waals surface area contributed by atoms with E-state index in [1.54, 1.807) is 0 Å². The van der Waals surface area contributed by atoms with Crippen molar-refractivity contribution in [3.8, 4) is 0 Å². The molecule has 1 fully saturated rings. The number of carbonyl (C=O) groups is 1. The predicted octanol–water partition coefficient (Wildman–Crippen LogP) is 2.01. The van der Waals surface area contributed by atoms with Gasteiger partial charge in [0.25, 0.3) is 0 Å². The van der Waals surface area contributed by atoms with Gasteiger partial charge in [-0.25, -0.2) is 0 Å². The third kappa shape index (κ3) is 1.15. The molecule has 1 aliphatic rings. The first kappa shape index (κ1) is 6.79. The molecule has 1 aliphatic carbocycles. The fourth-order valence-electron chi connectivity index (χ4n) is 1.32. The van der Waals surface area contributed by atoms with E-state index in [9.17, 15) is 4.79 Å². The van der Waals surface area contributed by atoms with Gasteiger partial charge in [-0.15, -0.1) is 0 Å². The average Bonchev–Trinajstić information content (AvgIpc) is 1.84. The number of ketones is 1. The predicted molar refractivity (Wildman–Crippen MR) is 37.2 cm³/mol. The molecule has 0 radical (unpaired) electrons. The highest BCUT2D eigenvalue weighted by atomic mass is 16.1. The zero-order chi connectivity index (χ0) is 6.85. The fourth-order valence-corrected chi connectivity index (χ4v) is 1.32. The smallest absolute Gasteiger partial charge is 0.136 e. The molecule has 0 spiro atoms. The first-order chi connectivity index (χ1) is 4.25. The summed E-state index contributed by atoms with van der Waals surface area (Å²) in [7, 11) is 0. The summed E-state index contributed by atoms with van der Waals surface area (Å²) < 4.78 is 0. The van der Waals surface area contributed by atoms with Gasteiger partial charge in [0.15, 0.2) is 0 Å². The second-order valence-corrected chi connectivity index (χ2v) is 3.00.